The molecule has 1 aromatic heterocycles. The summed E-state index contributed by atoms with van der Waals surface area (Å²) in [4.78, 5) is 16.0. The first-order chi connectivity index (χ1) is 12.6. The summed E-state index contributed by atoms with van der Waals surface area (Å²) in [6.45, 7) is 8.08. The third kappa shape index (κ3) is 5.64. The van der Waals surface area contributed by atoms with Gasteiger partial charge in [0.25, 0.3) is 5.91 Å². The Morgan fingerprint density at radius 3 is 3.00 bits per heavy atom. The third-order valence-electron chi connectivity index (χ3n) is 5.04. The first-order valence-electron chi connectivity index (χ1n) is 9.49. The van der Waals surface area contributed by atoms with Crippen LogP contribution in [0.2, 0.25) is 0 Å². The van der Waals surface area contributed by atoms with Crippen LogP contribution in [-0.2, 0) is 17.6 Å². The number of fused-ring (bicyclic) bond motifs is 1. The molecule has 1 amide bonds. The standard InChI is InChI=1S/C18H28N4O2S2/c1-13-3-4-15-14(11-13)12-16(26-15)17(23)20-21-18(25)19-5-2-6-22-7-9-24-10-8-22/h12-13H,2-11H2,1H3,(H,20,23)(H2,19,21,25)/p+1/t13-/m0/s1. The van der Waals surface area contributed by atoms with Gasteiger partial charge >= 0.3 is 0 Å². The summed E-state index contributed by atoms with van der Waals surface area (Å²) in [5, 5.41) is 3.61. The van der Waals surface area contributed by atoms with Crippen molar-refractivity contribution in [3.8, 4) is 0 Å². The van der Waals surface area contributed by atoms with Crippen molar-refractivity contribution >= 4 is 34.6 Å². The lowest BCUT2D eigenvalue weighted by Gasteiger charge is -2.23. The summed E-state index contributed by atoms with van der Waals surface area (Å²) in [5.41, 5.74) is 6.85. The number of hydrazine groups is 1. The number of hydrogen-bond acceptors (Lipinski definition) is 4. The number of nitrogens with one attached hydrogen (secondary N) is 4. The van der Waals surface area contributed by atoms with Crippen LogP contribution in [-0.4, -0.2) is 50.4 Å². The van der Waals surface area contributed by atoms with Crippen LogP contribution in [0.25, 0.3) is 0 Å². The van der Waals surface area contributed by atoms with Gasteiger partial charge in [0.15, 0.2) is 5.11 Å². The number of thiocarbonyl (C=S) groups is 1. The van der Waals surface area contributed by atoms with Gasteiger partial charge in [-0.3, -0.25) is 15.6 Å². The average Bonchev–Trinajstić information content (AvgIpc) is 3.07. The Morgan fingerprint density at radius 1 is 1.38 bits per heavy atom. The molecule has 144 valence electrons. The van der Waals surface area contributed by atoms with E-state index < -0.39 is 0 Å². The average molecular weight is 398 g/mol. The van der Waals surface area contributed by atoms with Gasteiger partial charge in [-0.05, 0) is 49.0 Å². The molecule has 0 saturated carbocycles. The Kier molecular flexibility index (Phi) is 7.24. The van der Waals surface area contributed by atoms with Gasteiger partial charge in [-0.25, -0.2) is 0 Å². The molecule has 0 unspecified atom stereocenters. The van der Waals surface area contributed by atoms with Gasteiger partial charge in [-0.2, -0.15) is 0 Å². The van der Waals surface area contributed by atoms with Crippen LogP contribution in [0.3, 0.4) is 0 Å². The lowest BCUT2D eigenvalue weighted by Crippen LogP contribution is -3.14. The molecular weight excluding hydrogens is 368 g/mol. The first-order valence-corrected chi connectivity index (χ1v) is 10.7. The maximum absolute atomic E-state index is 12.3. The van der Waals surface area contributed by atoms with Crippen LogP contribution in [0.1, 0.15) is 39.9 Å². The number of thiophene rings is 1. The van der Waals surface area contributed by atoms with Gasteiger partial charge in [0, 0.05) is 17.8 Å². The zero-order chi connectivity index (χ0) is 18.4. The maximum Gasteiger partial charge on any atom is 0.279 e. The number of ether oxygens (including phenoxy) is 1. The Balaban J connectivity index is 1.33. The number of hydrogen-bond donors (Lipinski definition) is 4. The van der Waals surface area contributed by atoms with E-state index in [4.69, 9.17) is 17.0 Å². The molecule has 3 rings (SSSR count). The molecule has 6 nitrogen and oxygen atoms in total. The number of amides is 1. The predicted octanol–water partition coefficient (Wildman–Crippen LogP) is 0.287. The minimum Gasteiger partial charge on any atom is -0.370 e. The van der Waals surface area contributed by atoms with E-state index in [0.717, 1.165) is 63.5 Å². The van der Waals surface area contributed by atoms with Crippen molar-refractivity contribution in [2.24, 2.45) is 5.92 Å². The second-order valence-electron chi connectivity index (χ2n) is 7.21. The number of carbonyl (C=O) groups is 1. The predicted molar refractivity (Wildman–Crippen MR) is 108 cm³/mol. The number of aryl methyl sites for hydroxylation is 1. The smallest absolute Gasteiger partial charge is 0.279 e. The molecule has 1 aliphatic carbocycles. The largest absolute Gasteiger partial charge is 0.370 e. The Labute approximate surface area is 164 Å². The molecule has 1 aromatic rings. The Hall–Kier alpha value is -1.22. The lowest BCUT2D eigenvalue weighted by atomic mass is 9.90. The molecule has 2 heterocycles. The van der Waals surface area contributed by atoms with Crippen LogP contribution in [0.5, 0.6) is 0 Å². The van der Waals surface area contributed by atoms with E-state index in [1.807, 2.05) is 6.07 Å². The number of morpholine rings is 1. The monoisotopic (exact) mass is 397 g/mol. The molecule has 4 N–H and O–H groups in total. The minimum atomic E-state index is -0.112. The second-order valence-corrected chi connectivity index (χ2v) is 8.75. The molecule has 1 aliphatic heterocycles. The number of quaternary nitrogens is 1. The number of rotatable bonds is 5. The van der Waals surface area contributed by atoms with E-state index in [1.54, 1.807) is 16.2 Å². The fourth-order valence-corrected chi connectivity index (χ4v) is 4.74. The summed E-state index contributed by atoms with van der Waals surface area (Å²) >= 11 is 6.84. The zero-order valence-corrected chi connectivity index (χ0v) is 17.0. The molecule has 0 aromatic carbocycles. The third-order valence-corrected chi connectivity index (χ3v) is 6.52. The number of carbonyl (C=O) groups excluding carboxylic acids is 1. The van der Waals surface area contributed by atoms with E-state index in [2.05, 4.69) is 23.1 Å². The van der Waals surface area contributed by atoms with Crippen molar-refractivity contribution in [2.45, 2.75) is 32.6 Å². The molecule has 26 heavy (non-hydrogen) atoms. The molecule has 0 spiro atoms. The molecular formula is C18H29N4O2S2+. The normalized spacial score (nSPS) is 20.3. The van der Waals surface area contributed by atoms with Crippen molar-refractivity contribution in [3.05, 3.63) is 21.4 Å². The van der Waals surface area contributed by atoms with Gasteiger partial charge in [-0.15, -0.1) is 11.3 Å². The highest BCUT2D eigenvalue weighted by atomic mass is 32.1. The molecule has 1 atom stereocenters. The van der Waals surface area contributed by atoms with E-state index in [0.29, 0.717) is 11.0 Å². The van der Waals surface area contributed by atoms with Gasteiger partial charge in [0.05, 0.1) is 24.6 Å². The summed E-state index contributed by atoms with van der Waals surface area (Å²) in [7, 11) is 0. The zero-order valence-electron chi connectivity index (χ0n) is 15.4. The van der Waals surface area contributed by atoms with Gasteiger partial charge in [-0.1, -0.05) is 6.92 Å². The fourth-order valence-electron chi connectivity index (χ4n) is 3.49. The summed E-state index contributed by atoms with van der Waals surface area (Å²) in [6.07, 6.45) is 4.43. The molecule has 0 radical (unpaired) electrons. The van der Waals surface area contributed by atoms with E-state index in [9.17, 15) is 4.79 Å². The molecule has 2 aliphatic rings. The highest BCUT2D eigenvalue weighted by Gasteiger charge is 2.20. The van der Waals surface area contributed by atoms with Crippen LogP contribution in [0, 0.1) is 5.92 Å². The van der Waals surface area contributed by atoms with Crippen molar-refractivity contribution < 1.29 is 14.4 Å². The lowest BCUT2D eigenvalue weighted by molar-refractivity contribution is -0.908. The molecule has 8 heteroatoms. The summed E-state index contributed by atoms with van der Waals surface area (Å²) < 4.78 is 5.36. The van der Waals surface area contributed by atoms with Crippen molar-refractivity contribution in [1.82, 2.24) is 16.2 Å². The topological polar surface area (TPSA) is 66.8 Å². The van der Waals surface area contributed by atoms with Crippen molar-refractivity contribution in [2.75, 3.05) is 39.4 Å². The van der Waals surface area contributed by atoms with Crippen molar-refractivity contribution in [3.63, 3.8) is 0 Å². The molecule has 1 saturated heterocycles. The van der Waals surface area contributed by atoms with E-state index in [1.165, 1.54) is 16.9 Å². The fraction of sp³-hybridized carbons (Fsp3) is 0.667. The molecule has 1 fully saturated rings. The second kappa shape index (κ2) is 9.64. The van der Waals surface area contributed by atoms with Crippen LogP contribution < -0.4 is 21.1 Å². The molecule has 0 bridgehead atoms. The highest BCUT2D eigenvalue weighted by molar-refractivity contribution is 7.80. The first kappa shape index (κ1) is 19.5. The van der Waals surface area contributed by atoms with Gasteiger partial charge in [0.2, 0.25) is 0 Å². The van der Waals surface area contributed by atoms with Gasteiger partial charge < -0.3 is 15.0 Å². The van der Waals surface area contributed by atoms with Crippen LogP contribution >= 0.6 is 23.6 Å². The minimum absolute atomic E-state index is 0.112. The Morgan fingerprint density at radius 2 is 2.19 bits per heavy atom. The van der Waals surface area contributed by atoms with Crippen molar-refractivity contribution in [1.29, 1.82) is 0 Å². The van der Waals surface area contributed by atoms with Gasteiger partial charge in [0.1, 0.15) is 13.1 Å². The Bertz CT molecular complexity index is 629. The SMILES string of the molecule is C[C@H]1CCc2sc(C(=O)NNC(=S)NCCC[NH+]3CCOCC3)cc2C1. The quantitative estimate of drug-likeness (QED) is 0.327. The maximum atomic E-state index is 12.3. The van der Waals surface area contributed by atoms with Crippen LogP contribution in [0.15, 0.2) is 6.07 Å². The summed E-state index contributed by atoms with van der Waals surface area (Å²) in [5.74, 6) is 0.598. The highest BCUT2D eigenvalue weighted by Crippen LogP contribution is 2.31. The van der Waals surface area contributed by atoms with Crippen LogP contribution in [0.4, 0.5) is 0 Å². The van der Waals surface area contributed by atoms with E-state index in [-0.39, 0.29) is 5.91 Å². The summed E-state index contributed by atoms with van der Waals surface area (Å²) in [6, 6.07) is 2.04. The van der Waals surface area contributed by atoms with E-state index >= 15 is 0 Å².